The first-order chi connectivity index (χ1) is 9.83. The summed E-state index contributed by atoms with van der Waals surface area (Å²) in [4.78, 5) is 14.0. The van der Waals surface area contributed by atoms with Crippen molar-refractivity contribution >= 4 is 18.5 Å². The van der Waals surface area contributed by atoms with E-state index in [2.05, 4.69) is 5.32 Å². The number of rotatable bonds is 2. The SMILES string of the molecule is Cl.O=C(OCc1ccccc1)N1CC[C@@H]2CNC[C@@H]2CC1. The standard InChI is InChI=1S/C16H22N2O2.ClH/c19-16(20-12-13-4-2-1-3-5-13)18-8-6-14-10-17-11-15(14)7-9-18;/h1-5,14-15,17H,6-12H2;1H/t14-,15+;. The minimum atomic E-state index is -0.165. The maximum atomic E-state index is 12.1. The summed E-state index contributed by atoms with van der Waals surface area (Å²) in [6.45, 7) is 4.24. The molecule has 1 aromatic rings. The highest BCUT2D eigenvalue weighted by molar-refractivity contribution is 5.85. The molecule has 2 atom stereocenters. The minimum absolute atomic E-state index is 0. The molecule has 2 aliphatic heterocycles. The fraction of sp³-hybridized carbons (Fsp3) is 0.562. The summed E-state index contributed by atoms with van der Waals surface area (Å²) >= 11 is 0. The fourth-order valence-corrected chi connectivity index (χ4v) is 3.21. The summed E-state index contributed by atoms with van der Waals surface area (Å²) in [6.07, 6.45) is 2.03. The van der Waals surface area contributed by atoms with Crippen LogP contribution in [0.2, 0.25) is 0 Å². The third-order valence-electron chi connectivity index (χ3n) is 4.48. The lowest BCUT2D eigenvalue weighted by Crippen LogP contribution is -2.33. The maximum Gasteiger partial charge on any atom is 0.410 e. The van der Waals surface area contributed by atoms with Crippen molar-refractivity contribution in [1.29, 1.82) is 0 Å². The predicted molar refractivity (Wildman–Crippen MR) is 84.5 cm³/mol. The smallest absolute Gasteiger partial charge is 0.410 e. The number of likely N-dealkylation sites (tertiary alicyclic amines) is 1. The number of halogens is 1. The van der Waals surface area contributed by atoms with Gasteiger partial charge in [-0.1, -0.05) is 30.3 Å². The number of fused-ring (bicyclic) bond motifs is 1. The Bertz CT molecular complexity index is 441. The quantitative estimate of drug-likeness (QED) is 0.913. The van der Waals surface area contributed by atoms with E-state index in [1.807, 2.05) is 35.2 Å². The first-order valence-corrected chi connectivity index (χ1v) is 7.49. The molecule has 0 aliphatic carbocycles. The Labute approximate surface area is 132 Å². The van der Waals surface area contributed by atoms with Crippen LogP contribution in [0.25, 0.3) is 0 Å². The number of ether oxygens (including phenoxy) is 1. The molecule has 0 saturated carbocycles. The second-order valence-electron chi connectivity index (χ2n) is 5.78. The molecule has 1 aromatic carbocycles. The number of amides is 1. The fourth-order valence-electron chi connectivity index (χ4n) is 3.21. The monoisotopic (exact) mass is 310 g/mol. The molecule has 4 nitrogen and oxygen atoms in total. The summed E-state index contributed by atoms with van der Waals surface area (Å²) in [7, 11) is 0. The topological polar surface area (TPSA) is 41.6 Å². The summed E-state index contributed by atoms with van der Waals surface area (Å²) in [5, 5.41) is 3.45. The van der Waals surface area contributed by atoms with Crippen LogP contribution in [0.5, 0.6) is 0 Å². The van der Waals surface area contributed by atoms with Gasteiger partial charge >= 0.3 is 6.09 Å². The molecule has 3 rings (SSSR count). The van der Waals surface area contributed by atoms with Crippen molar-refractivity contribution in [3.63, 3.8) is 0 Å². The van der Waals surface area contributed by atoms with Gasteiger partial charge in [0.2, 0.25) is 0 Å². The molecule has 21 heavy (non-hydrogen) atoms. The van der Waals surface area contributed by atoms with Gasteiger partial charge in [0.25, 0.3) is 0 Å². The second-order valence-corrected chi connectivity index (χ2v) is 5.78. The Morgan fingerprint density at radius 3 is 2.38 bits per heavy atom. The molecular formula is C16H23ClN2O2. The van der Waals surface area contributed by atoms with Gasteiger partial charge in [-0.15, -0.1) is 12.4 Å². The van der Waals surface area contributed by atoms with E-state index in [-0.39, 0.29) is 18.5 Å². The van der Waals surface area contributed by atoms with E-state index in [1.165, 1.54) is 0 Å². The molecule has 2 saturated heterocycles. The molecule has 5 heteroatoms. The van der Waals surface area contributed by atoms with Gasteiger partial charge in [-0.25, -0.2) is 4.79 Å². The first-order valence-electron chi connectivity index (χ1n) is 7.49. The minimum Gasteiger partial charge on any atom is -0.445 e. The largest absolute Gasteiger partial charge is 0.445 e. The maximum absolute atomic E-state index is 12.1. The van der Waals surface area contributed by atoms with Gasteiger partial charge in [-0.2, -0.15) is 0 Å². The number of nitrogens with zero attached hydrogens (tertiary/aromatic N) is 1. The number of hydrogen-bond donors (Lipinski definition) is 1. The molecule has 1 N–H and O–H groups in total. The van der Waals surface area contributed by atoms with Crippen LogP contribution < -0.4 is 5.32 Å². The van der Waals surface area contributed by atoms with E-state index in [0.29, 0.717) is 6.61 Å². The average molecular weight is 311 g/mol. The number of nitrogens with one attached hydrogen (secondary N) is 1. The predicted octanol–water partition coefficient (Wildman–Crippen LogP) is 2.68. The molecule has 0 bridgehead atoms. The molecule has 0 spiro atoms. The summed E-state index contributed by atoms with van der Waals surface area (Å²) in [6, 6.07) is 9.84. The molecule has 1 amide bonds. The van der Waals surface area contributed by atoms with Gasteiger partial charge in [-0.05, 0) is 43.3 Å². The zero-order valence-corrected chi connectivity index (χ0v) is 13.0. The lowest BCUT2D eigenvalue weighted by atomic mass is 9.92. The van der Waals surface area contributed by atoms with E-state index in [4.69, 9.17) is 4.74 Å². The Hall–Kier alpha value is -1.26. The molecule has 0 unspecified atom stereocenters. The van der Waals surface area contributed by atoms with Crippen molar-refractivity contribution < 1.29 is 9.53 Å². The zero-order valence-electron chi connectivity index (χ0n) is 12.2. The molecule has 2 heterocycles. The van der Waals surface area contributed by atoms with Crippen LogP contribution in [0.4, 0.5) is 4.79 Å². The van der Waals surface area contributed by atoms with Crippen LogP contribution in [0.3, 0.4) is 0 Å². The second kappa shape index (κ2) is 7.66. The number of benzene rings is 1. The number of carbonyl (C=O) groups excluding carboxylic acids is 1. The van der Waals surface area contributed by atoms with Crippen LogP contribution >= 0.6 is 12.4 Å². The molecule has 0 aromatic heterocycles. The van der Waals surface area contributed by atoms with E-state index < -0.39 is 0 Å². The highest BCUT2D eigenvalue weighted by atomic mass is 35.5. The lowest BCUT2D eigenvalue weighted by Gasteiger charge is -2.20. The van der Waals surface area contributed by atoms with Gasteiger partial charge in [0, 0.05) is 13.1 Å². The van der Waals surface area contributed by atoms with Crippen molar-refractivity contribution in [3.8, 4) is 0 Å². The Balaban J connectivity index is 0.00000161. The van der Waals surface area contributed by atoms with Gasteiger partial charge in [-0.3, -0.25) is 0 Å². The van der Waals surface area contributed by atoms with Crippen molar-refractivity contribution in [3.05, 3.63) is 35.9 Å². The Morgan fingerprint density at radius 1 is 1.14 bits per heavy atom. The first kappa shape index (κ1) is 16.1. The van der Waals surface area contributed by atoms with Crippen LogP contribution in [-0.2, 0) is 11.3 Å². The van der Waals surface area contributed by atoms with Crippen LogP contribution in [0, 0.1) is 11.8 Å². The molecule has 116 valence electrons. The van der Waals surface area contributed by atoms with Crippen LogP contribution in [0.15, 0.2) is 30.3 Å². The zero-order chi connectivity index (χ0) is 13.8. The molecular weight excluding hydrogens is 288 g/mol. The van der Waals surface area contributed by atoms with Crippen molar-refractivity contribution in [1.82, 2.24) is 10.2 Å². The Kier molecular flexibility index (Phi) is 5.88. The van der Waals surface area contributed by atoms with E-state index >= 15 is 0 Å². The van der Waals surface area contributed by atoms with Gasteiger partial charge < -0.3 is 15.0 Å². The van der Waals surface area contributed by atoms with Crippen molar-refractivity contribution in [2.45, 2.75) is 19.4 Å². The summed E-state index contributed by atoms with van der Waals surface area (Å²) < 4.78 is 5.42. The van der Waals surface area contributed by atoms with Gasteiger partial charge in [0.1, 0.15) is 6.61 Å². The van der Waals surface area contributed by atoms with Gasteiger partial charge in [0.05, 0.1) is 0 Å². The van der Waals surface area contributed by atoms with Crippen LogP contribution in [0.1, 0.15) is 18.4 Å². The molecule has 2 aliphatic rings. The third-order valence-corrected chi connectivity index (χ3v) is 4.48. The van der Waals surface area contributed by atoms with Crippen molar-refractivity contribution in [2.24, 2.45) is 11.8 Å². The molecule has 0 radical (unpaired) electrons. The highest BCUT2D eigenvalue weighted by Gasteiger charge is 2.31. The van der Waals surface area contributed by atoms with E-state index in [9.17, 15) is 4.79 Å². The molecule has 2 fully saturated rings. The highest BCUT2D eigenvalue weighted by Crippen LogP contribution is 2.27. The number of hydrogen-bond acceptors (Lipinski definition) is 3. The Morgan fingerprint density at radius 2 is 1.76 bits per heavy atom. The normalized spacial score (nSPS) is 24.7. The van der Waals surface area contributed by atoms with Crippen LogP contribution in [-0.4, -0.2) is 37.2 Å². The van der Waals surface area contributed by atoms with E-state index in [0.717, 1.165) is 56.4 Å². The summed E-state index contributed by atoms with van der Waals surface area (Å²) in [5.74, 6) is 1.48. The number of carbonyl (C=O) groups is 1. The lowest BCUT2D eigenvalue weighted by molar-refractivity contribution is 0.0967. The third kappa shape index (κ3) is 4.11. The van der Waals surface area contributed by atoms with Gasteiger partial charge in [0.15, 0.2) is 0 Å². The van der Waals surface area contributed by atoms with E-state index in [1.54, 1.807) is 0 Å². The summed E-state index contributed by atoms with van der Waals surface area (Å²) in [5.41, 5.74) is 1.04. The van der Waals surface area contributed by atoms with Crippen molar-refractivity contribution in [2.75, 3.05) is 26.2 Å². The average Bonchev–Trinajstić information content (AvgIpc) is 2.84.